The Hall–Kier alpha value is -1.36. The summed E-state index contributed by atoms with van der Waals surface area (Å²) in [6.07, 6.45) is 1.85. The summed E-state index contributed by atoms with van der Waals surface area (Å²) in [5.41, 5.74) is 1.97. The molecule has 0 radical (unpaired) electrons. The third-order valence-corrected chi connectivity index (χ3v) is 4.17. The van der Waals surface area contributed by atoms with Crippen LogP contribution in [0.4, 0.5) is 5.69 Å². The van der Waals surface area contributed by atoms with E-state index >= 15 is 0 Å². The molecular weight excluding hydrogens is 361 g/mol. The minimum Gasteiger partial charge on any atom is -0.325 e. The number of para-hydroxylation sites is 1. The van der Waals surface area contributed by atoms with Crippen molar-refractivity contribution in [2.45, 2.75) is 25.7 Å². The van der Waals surface area contributed by atoms with Crippen LogP contribution >= 0.6 is 22.6 Å². The molecule has 104 valence electrons. The van der Waals surface area contributed by atoms with Gasteiger partial charge in [-0.15, -0.1) is 0 Å². The zero-order valence-electron chi connectivity index (χ0n) is 11.5. The molecule has 0 aromatic heterocycles. The first-order valence-corrected chi connectivity index (χ1v) is 7.90. The Morgan fingerprint density at radius 2 is 1.75 bits per heavy atom. The Bertz CT molecular complexity index is 568. The number of hydrogen-bond donors (Lipinski definition) is 1. The van der Waals surface area contributed by atoms with E-state index in [1.165, 1.54) is 0 Å². The molecule has 0 aliphatic heterocycles. The number of nitrogens with one attached hydrogen (secondary N) is 1. The quantitative estimate of drug-likeness (QED) is 0.742. The number of benzene rings is 2. The lowest BCUT2D eigenvalue weighted by Crippen LogP contribution is -2.21. The van der Waals surface area contributed by atoms with Gasteiger partial charge in [-0.05, 0) is 46.7 Å². The summed E-state index contributed by atoms with van der Waals surface area (Å²) in [4.78, 5) is 12.5. The second kappa shape index (κ2) is 7.43. The lowest BCUT2D eigenvalue weighted by molar-refractivity contribution is -0.117. The van der Waals surface area contributed by atoms with Crippen LogP contribution in [0.3, 0.4) is 0 Å². The van der Waals surface area contributed by atoms with Crippen LogP contribution < -0.4 is 5.32 Å². The van der Waals surface area contributed by atoms with Gasteiger partial charge < -0.3 is 5.32 Å². The van der Waals surface area contributed by atoms with E-state index in [2.05, 4.69) is 34.8 Å². The van der Waals surface area contributed by atoms with Crippen molar-refractivity contribution in [3.8, 4) is 0 Å². The van der Waals surface area contributed by atoms with Crippen molar-refractivity contribution in [1.82, 2.24) is 0 Å². The molecule has 1 amide bonds. The fourth-order valence-electron chi connectivity index (χ4n) is 2.21. The monoisotopic (exact) mass is 379 g/mol. The van der Waals surface area contributed by atoms with Gasteiger partial charge in [-0.1, -0.05) is 55.8 Å². The standard InChI is InChI=1S/C17H18INO/c1-2-8-14(13-9-4-3-5-10-13)17(20)19-16-12-7-6-11-15(16)18/h3-7,9-12,14H,2,8H2,1H3,(H,19,20)/t14-/m0/s1. The Morgan fingerprint density at radius 1 is 1.10 bits per heavy atom. The molecule has 0 saturated carbocycles. The maximum Gasteiger partial charge on any atom is 0.231 e. The molecule has 2 aromatic rings. The molecule has 0 fully saturated rings. The molecule has 1 N–H and O–H groups in total. The topological polar surface area (TPSA) is 29.1 Å². The average Bonchev–Trinajstić information content (AvgIpc) is 2.48. The normalized spacial score (nSPS) is 11.9. The van der Waals surface area contributed by atoms with E-state index in [0.717, 1.165) is 27.7 Å². The van der Waals surface area contributed by atoms with Crippen LogP contribution in [0.2, 0.25) is 0 Å². The molecule has 0 spiro atoms. The molecule has 0 heterocycles. The molecule has 0 saturated heterocycles. The number of hydrogen-bond acceptors (Lipinski definition) is 1. The van der Waals surface area contributed by atoms with Crippen molar-refractivity contribution in [3.05, 3.63) is 63.7 Å². The predicted molar refractivity (Wildman–Crippen MR) is 91.9 cm³/mol. The first-order chi connectivity index (χ1) is 9.72. The second-order valence-corrected chi connectivity index (χ2v) is 5.88. The number of halogens is 1. The van der Waals surface area contributed by atoms with E-state index in [-0.39, 0.29) is 11.8 Å². The van der Waals surface area contributed by atoms with E-state index in [1.54, 1.807) is 0 Å². The minimum absolute atomic E-state index is 0.0715. The smallest absolute Gasteiger partial charge is 0.231 e. The molecule has 1 atom stereocenters. The van der Waals surface area contributed by atoms with Gasteiger partial charge in [0.2, 0.25) is 5.91 Å². The maximum atomic E-state index is 12.5. The molecule has 0 aliphatic rings. The van der Waals surface area contributed by atoms with Crippen LogP contribution in [0.5, 0.6) is 0 Å². The van der Waals surface area contributed by atoms with E-state index < -0.39 is 0 Å². The highest BCUT2D eigenvalue weighted by atomic mass is 127. The van der Waals surface area contributed by atoms with Crippen molar-refractivity contribution < 1.29 is 4.79 Å². The van der Waals surface area contributed by atoms with Crippen LogP contribution in [0.1, 0.15) is 31.2 Å². The van der Waals surface area contributed by atoms with Crippen LogP contribution in [-0.2, 0) is 4.79 Å². The number of carbonyl (C=O) groups is 1. The van der Waals surface area contributed by atoms with E-state index in [9.17, 15) is 4.79 Å². The Labute approximate surface area is 133 Å². The zero-order valence-corrected chi connectivity index (χ0v) is 13.6. The SMILES string of the molecule is CCC[C@H](C(=O)Nc1ccccc1I)c1ccccc1. The van der Waals surface area contributed by atoms with Gasteiger partial charge in [0.25, 0.3) is 0 Å². The Morgan fingerprint density at radius 3 is 2.40 bits per heavy atom. The molecule has 20 heavy (non-hydrogen) atoms. The molecule has 0 aliphatic carbocycles. The number of amides is 1. The van der Waals surface area contributed by atoms with Crippen LogP contribution in [-0.4, -0.2) is 5.91 Å². The first-order valence-electron chi connectivity index (χ1n) is 6.82. The fraction of sp³-hybridized carbons (Fsp3) is 0.235. The van der Waals surface area contributed by atoms with Crippen molar-refractivity contribution in [2.75, 3.05) is 5.32 Å². The lowest BCUT2D eigenvalue weighted by Gasteiger charge is -2.17. The van der Waals surface area contributed by atoms with Crippen molar-refractivity contribution in [3.63, 3.8) is 0 Å². The maximum absolute atomic E-state index is 12.5. The molecular formula is C17H18INO. The van der Waals surface area contributed by atoms with E-state index in [0.29, 0.717) is 0 Å². The van der Waals surface area contributed by atoms with Crippen molar-refractivity contribution in [2.24, 2.45) is 0 Å². The summed E-state index contributed by atoms with van der Waals surface area (Å²) in [5.74, 6) is -0.0145. The highest BCUT2D eigenvalue weighted by Gasteiger charge is 2.20. The molecule has 2 rings (SSSR count). The summed E-state index contributed by atoms with van der Waals surface area (Å²) in [6, 6.07) is 17.8. The van der Waals surface area contributed by atoms with Crippen LogP contribution in [0.25, 0.3) is 0 Å². The van der Waals surface area contributed by atoms with E-state index in [1.807, 2.05) is 54.6 Å². The van der Waals surface area contributed by atoms with Gasteiger partial charge in [-0.2, -0.15) is 0 Å². The number of carbonyl (C=O) groups excluding carboxylic acids is 1. The van der Waals surface area contributed by atoms with Crippen LogP contribution in [0, 0.1) is 3.57 Å². The highest BCUT2D eigenvalue weighted by molar-refractivity contribution is 14.1. The van der Waals surface area contributed by atoms with E-state index in [4.69, 9.17) is 0 Å². The molecule has 0 bridgehead atoms. The highest BCUT2D eigenvalue weighted by Crippen LogP contribution is 2.24. The second-order valence-electron chi connectivity index (χ2n) is 4.72. The van der Waals surface area contributed by atoms with Crippen molar-refractivity contribution >= 4 is 34.2 Å². The summed E-state index contributed by atoms with van der Waals surface area (Å²) in [7, 11) is 0. The average molecular weight is 379 g/mol. The van der Waals surface area contributed by atoms with Gasteiger partial charge in [0.15, 0.2) is 0 Å². The molecule has 2 nitrogen and oxygen atoms in total. The van der Waals surface area contributed by atoms with Gasteiger partial charge in [0, 0.05) is 3.57 Å². The largest absolute Gasteiger partial charge is 0.325 e. The number of anilines is 1. The number of rotatable bonds is 5. The summed E-state index contributed by atoms with van der Waals surface area (Å²) in [5, 5.41) is 3.05. The van der Waals surface area contributed by atoms with Gasteiger partial charge in [-0.25, -0.2) is 0 Å². The predicted octanol–water partition coefficient (Wildman–Crippen LogP) is 4.81. The minimum atomic E-state index is -0.0859. The van der Waals surface area contributed by atoms with Gasteiger partial charge >= 0.3 is 0 Å². The summed E-state index contributed by atoms with van der Waals surface area (Å²) >= 11 is 2.24. The molecule has 3 heteroatoms. The lowest BCUT2D eigenvalue weighted by atomic mass is 9.93. The van der Waals surface area contributed by atoms with Gasteiger partial charge in [0.05, 0.1) is 11.6 Å². The van der Waals surface area contributed by atoms with Crippen molar-refractivity contribution in [1.29, 1.82) is 0 Å². The summed E-state index contributed by atoms with van der Waals surface area (Å²) in [6.45, 7) is 2.11. The Kier molecular flexibility index (Phi) is 5.59. The van der Waals surface area contributed by atoms with Gasteiger partial charge in [0.1, 0.15) is 0 Å². The molecule has 0 unspecified atom stereocenters. The van der Waals surface area contributed by atoms with Gasteiger partial charge in [-0.3, -0.25) is 4.79 Å². The fourth-order valence-corrected chi connectivity index (χ4v) is 2.73. The Balaban J connectivity index is 2.18. The zero-order chi connectivity index (χ0) is 14.4. The molecule has 2 aromatic carbocycles. The third-order valence-electron chi connectivity index (χ3n) is 3.23. The van der Waals surface area contributed by atoms with Crippen LogP contribution in [0.15, 0.2) is 54.6 Å². The summed E-state index contributed by atoms with van der Waals surface area (Å²) < 4.78 is 1.06. The first kappa shape index (κ1) is 15.0. The third kappa shape index (κ3) is 3.82.